The van der Waals surface area contributed by atoms with Crippen molar-refractivity contribution in [2.24, 2.45) is 0 Å². The minimum atomic E-state index is 0.736. The number of hydrogen-bond donors (Lipinski definition) is 1. The molecular weight excluding hydrogens is 340 g/mol. The molecule has 4 nitrogen and oxygen atoms in total. The Morgan fingerprint density at radius 2 is 1.73 bits per heavy atom. The Morgan fingerprint density at radius 1 is 0.923 bits per heavy atom. The van der Waals surface area contributed by atoms with Crippen LogP contribution < -0.4 is 5.32 Å². The van der Waals surface area contributed by atoms with Crippen LogP contribution >= 0.6 is 11.3 Å². The van der Waals surface area contributed by atoms with Crippen molar-refractivity contribution in [2.45, 2.75) is 27.2 Å². The minimum absolute atomic E-state index is 0.736. The number of aryl methyl sites for hydroxylation is 3. The van der Waals surface area contributed by atoms with Crippen molar-refractivity contribution in [3.05, 3.63) is 65.5 Å². The summed E-state index contributed by atoms with van der Waals surface area (Å²) in [5, 5.41) is 4.20. The summed E-state index contributed by atoms with van der Waals surface area (Å²) in [7, 11) is 0. The molecule has 0 aliphatic heterocycles. The average molecular weight is 360 g/mol. The van der Waals surface area contributed by atoms with Gasteiger partial charge in [-0.2, -0.15) is 0 Å². The summed E-state index contributed by atoms with van der Waals surface area (Å²) in [6, 6.07) is 16.8. The van der Waals surface area contributed by atoms with Gasteiger partial charge in [-0.3, -0.25) is 0 Å². The molecule has 4 aromatic rings. The largest absolute Gasteiger partial charge is 0.316 e. The monoisotopic (exact) mass is 360 g/mol. The normalized spacial score (nSPS) is 11.0. The van der Waals surface area contributed by atoms with Gasteiger partial charge in [0.05, 0.1) is 15.9 Å². The minimum Gasteiger partial charge on any atom is -0.316 e. The molecule has 0 atom stereocenters. The Kier molecular flexibility index (Phi) is 4.39. The Labute approximate surface area is 157 Å². The number of hydrogen-bond acceptors (Lipinski definition) is 5. The van der Waals surface area contributed by atoms with Crippen LogP contribution in [0.15, 0.2) is 48.5 Å². The van der Waals surface area contributed by atoms with E-state index in [-0.39, 0.29) is 0 Å². The number of fused-ring (bicyclic) bond motifs is 1. The van der Waals surface area contributed by atoms with Crippen LogP contribution in [0.3, 0.4) is 0 Å². The van der Waals surface area contributed by atoms with Crippen molar-refractivity contribution in [3.8, 4) is 11.3 Å². The predicted octanol–water partition coefficient (Wildman–Crippen LogP) is 5.68. The summed E-state index contributed by atoms with van der Waals surface area (Å²) in [6.07, 6.45) is 1.03. The molecule has 1 N–H and O–H groups in total. The van der Waals surface area contributed by atoms with Gasteiger partial charge in [-0.1, -0.05) is 54.2 Å². The molecule has 130 valence electrons. The van der Waals surface area contributed by atoms with E-state index in [4.69, 9.17) is 0 Å². The first kappa shape index (κ1) is 16.7. The van der Waals surface area contributed by atoms with Crippen LogP contribution in [0, 0.1) is 13.8 Å². The fraction of sp³-hybridized carbons (Fsp3) is 0.190. The fourth-order valence-corrected chi connectivity index (χ4v) is 3.79. The molecule has 4 rings (SSSR count). The summed E-state index contributed by atoms with van der Waals surface area (Å²) in [4.78, 5) is 13.8. The first-order chi connectivity index (χ1) is 12.6. The average Bonchev–Trinajstić information content (AvgIpc) is 3.03. The van der Waals surface area contributed by atoms with E-state index in [9.17, 15) is 0 Å². The van der Waals surface area contributed by atoms with Crippen molar-refractivity contribution in [1.29, 1.82) is 0 Å². The van der Waals surface area contributed by atoms with E-state index in [1.165, 1.54) is 15.8 Å². The number of nitrogens with one attached hydrogen (secondary N) is 1. The van der Waals surface area contributed by atoms with Crippen molar-refractivity contribution in [2.75, 3.05) is 5.32 Å². The van der Waals surface area contributed by atoms with Crippen LogP contribution in [0.25, 0.3) is 21.5 Å². The molecule has 0 aliphatic carbocycles. The quantitative estimate of drug-likeness (QED) is 0.509. The van der Waals surface area contributed by atoms with Gasteiger partial charge >= 0.3 is 0 Å². The van der Waals surface area contributed by atoms with E-state index in [0.29, 0.717) is 0 Å². The zero-order chi connectivity index (χ0) is 18.1. The highest BCUT2D eigenvalue weighted by molar-refractivity contribution is 7.22. The zero-order valence-corrected chi connectivity index (χ0v) is 15.9. The van der Waals surface area contributed by atoms with Gasteiger partial charge in [0, 0.05) is 11.6 Å². The van der Waals surface area contributed by atoms with Crippen LogP contribution in [0.5, 0.6) is 0 Å². The van der Waals surface area contributed by atoms with Gasteiger partial charge in [0.25, 0.3) is 0 Å². The summed E-state index contributed by atoms with van der Waals surface area (Å²) in [6.45, 7) is 6.16. The molecule has 0 amide bonds. The van der Waals surface area contributed by atoms with Gasteiger partial charge < -0.3 is 5.32 Å². The molecule has 0 saturated heterocycles. The molecule has 2 aromatic carbocycles. The third-order valence-electron chi connectivity index (χ3n) is 4.28. The number of nitrogens with zero attached hydrogens (tertiary/aromatic N) is 3. The van der Waals surface area contributed by atoms with Crippen LogP contribution in [0.1, 0.15) is 23.9 Å². The van der Waals surface area contributed by atoms with Crippen LogP contribution in [-0.2, 0) is 6.42 Å². The van der Waals surface area contributed by atoms with E-state index in [2.05, 4.69) is 76.6 Å². The second-order valence-electron chi connectivity index (χ2n) is 6.35. The van der Waals surface area contributed by atoms with Crippen LogP contribution in [0.4, 0.5) is 10.9 Å². The smallest absolute Gasteiger partial charge is 0.189 e. The Morgan fingerprint density at radius 3 is 2.50 bits per heavy atom. The Bertz CT molecular complexity index is 1070. The topological polar surface area (TPSA) is 50.7 Å². The van der Waals surface area contributed by atoms with E-state index >= 15 is 0 Å². The van der Waals surface area contributed by atoms with E-state index in [0.717, 1.165) is 40.0 Å². The highest BCUT2D eigenvalue weighted by atomic mass is 32.1. The molecule has 26 heavy (non-hydrogen) atoms. The standard InChI is InChI=1S/C21H20N4S/c1-4-15-7-10-17-19(11-15)26-21(24-17)25-20-12-18(22-14(3)23-20)16-8-5-13(2)6-9-16/h5-12H,4H2,1-3H3,(H,22,23,24,25). The lowest BCUT2D eigenvalue weighted by Crippen LogP contribution is -1.98. The van der Waals surface area contributed by atoms with Crippen LogP contribution in [-0.4, -0.2) is 15.0 Å². The molecule has 0 fully saturated rings. The second kappa shape index (κ2) is 6.84. The summed E-state index contributed by atoms with van der Waals surface area (Å²) >= 11 is 1.65. The van der Waals surface area contributed by atoms with Gasteiger partial charge in [-0.15, -0.1) is 0 Å². The molecule has 0 radical (unpaired) electrons. The van der Waals surface area contributed by atoms with Gasteiger partial charge in [-0.25, -0.2) is 15.0 Å². The number of rotatable bonds is 4. The van der Waals surface area contributed by atoms with Crippen molar-refractivity contribution >= 4 is 32.5 Å². The SMILES string of the molecule is CCc1ccc2nc(Nc3cc(-c4ccc(C)cc4)nc(C)n3)sc2c1. The number of benzene rings is 2. The lowest BCUT2D eigenvalue weighted by molar-refractivity contribution is 1.06. The lowest BCUT2D eigenvalue weighted by atomic mass is 10.1. The lowest BCUT2D eigenvalue weighted by Gasteiger charge is -2.07. The highest BCUT2D eigenvalue weighted by Gasteiger charge is 2.08. The third kappa shape index (κ3) is 3.44. The van der Waals surface area contributed by atoms with Gasteiger partial charge in [-0.05, 0) is 38.0 Å². The second-order valence-corrected chi connectivity index (χ2v) is 7.38. The molecule has 0 aliphatic rings. The Balaban J connectivity index is 1.66. The molecule has 2 aromatic heterocycles. The van der Waals surface area contributed by atoms with Gasteiger partial charge in [0.2, 0.25) is 0 Å². The first-order valence-corrected chi connectivity index (χ1v) is 9.51. The maximum atomic E-state index is 4.67. The molecule has 5 heteroatoms. The number of anilines is 2. The Hall–Kier alpha value is -2.79. The highest BCUT2D eigenvalue weighted by Crippen LogP contribution is 2.29. The summed E-state index contributed by atoms with van der Waals surface area (Å²) in [5.74, 6) is 1.50. The summed E-state index contributed by atoms with van der Waals surface area (Å²) < 4.78 is 1.19. The maximum Gasteiger partial charge on any atom is 0.189 e. The predicted molar refractivity (Wildman–Crippen MR) is 109 cm³/mol. The molecular formula is C21H20N4S. The fourth-order valence-electron chi connectivity index (χ4n) is 2.86. The first-order valence-electron chi connectivity index (χ1n) is 8.70. The van der Waals surface area contributed by atoms with E-state index < -0.39 is 0 Å². The summed E-state index contributed by atoms with van der Waals surface area (Å²) in [5.41, 5.74) is 5.57. The maximum absolute atomic E-state index is 4.67. The van der Waals surface area contributed by atoms with E-state index in [1.807, 2.05) is 13.0 Å². The van der Waals surface area contributed by atoms with Gasteiger partial charge in [0.15, 0.2) is 5.13 Å². The van der Waals surface area contributed by atoms with Crippen molar-refractivity contribution in [1.82, 2.24) is 15.0 Å². The molecule has 0 spiro atoms. The number of thiazole rings is 1. The zero-order valence-electron chi connectivity index (χ0n) is 15.1. The van der Waals surface area contributed by atoms with Crippen molar-refractivity contribution < 1.29 is 0 Å². The molecule has 0 saturated carbocycles. The van der Waals surface area contributed by atoms with E-state index in [1.54, 1.807) is 11.3 Å². The molecule has 2 heterocycles. The van der Waals surface area contributed by atoms with Crippen molar-refractivity contribution in [3.63, 3.8) is 0 Å². The van der Waals surface area contributed by atoms with Gasteiger partial charge in [0.1, 0.15) is 11.6 Å². The number of aromatic nitrogens is 3. The molecule has 0 unspecified atom stereocenters. The van der Waals surface area contributed by atoms with Crippen LogP contribution in [0.2, 0.25) is 0 Å². The molecule has 0 bridgehead atoms. The third-order valence-corrected chi connectivity index (χ3v) is 5.21.